The lowest BCUT2D eigenvalue weighted by molar-refractivity contribution is 0.0727. The van der Waals surface area contributed by atoms with Crippen molar-refractivity contribution in [3.05, 3.63) is 52.5 Å². The van der Waals surface area contributed by atoms with E-state index in [0.717, 1.165) is 0 Å². The van der Waals surface area contributed by atoms with E-state index in [1.807, 2.05) is 0 Å². The molecule has 1 aromatic carbocycles. The molecule has 1 aliphatic rings. The molecule has 27 heavy (non-hydrogen) atoms. The molecule has 0 radical (unpaired) electrons. The summed E-state index contributed by atoms with van der Waals surface area (Å²) in [5, 5.41) is 0.460. The highest BCUT2D eigenvalue weighted by atomic mass is 16.5. The molecule has 0 atom stereocenters. The fourth-order valence-corrected chi connectivity index (χ4v) is 3.34. The van der Waals surface area contributed by atoms with Crippen molar-refractivity contribution in [1.29, 1.82) is 0 Å². The zero-order valence-electron chi connectivity index (χ0n) is 15.1. The molecule has 4 rings (SSSR count). The predicted octanol–water partition coefficient (Wildman–Crippen LogP) is 1.71. The van der Waals surface area contributed by atoms with Crippen LogP contribution in [-0.2, 0) is 13.0 Å². The number of amides is 1. The summed E-state index contributed by atoms with van der Waals surface area (Å²) in [6, 6.07) is 6.66. The van der Waals surface area contributed by atoms with Gasteiger partial charge in [0.15, 0.2) is 17.3 Å². The van der Waals surface area contributed by atoms with Crippen molar-refractivity contribution in [3.63, 3.8) is 0 Å². The van der Waals surface area contributed by atoms with Gasteiger partial charge in [-0.3, -0.25) is 14.2 Å². The second-order valence-electron chi connectivity index (χ2n) is 6.23. The van der Waals surface area contributed by atoms with Crippen molar-refractivity contribution >= 4 is 16.8 Å². The van der Waals surface area contributed by atoms with Crippen molar-refractivity contribution in [3.8, 4) is 11.5 Å². The molecule has 8 nitrogen and oxygen atoms in total. The fraction of sp³-hybridized carbons (Fsp3) is 0.316. The van der Waals surface area contributed by atoms with Crippen LogP contribution in [0.2, 0.25) is 0 Å². The molecule has 3 heterocycles. The number of ether oxygens (including phenoxy) is 2. The van der Waals surface area contributed by atoms with E-state index in [0.29, 0.717) is 60.0 Å². The Kier molecular flexibility index (Phi) is 4.31. The van der Waals surface area contributed by atoms with Crippen LogP contribution in [0, 0.1) is 0 Å². The molecule has 0 spiro atoms. The third-order valence-electron chi connectivity index (χ3n) is 4.76. The monoisotopic (exact) mass is 369 g/mol. The summed E-state index contributed by atoms with van der Waals surface area (Å²) >= 11 is 0. The summed E-state index contributed by atoms with van der Waals surface area (Å²) in [6.07, 6.45) is 1.95. The summed E-state index contributed by atoms with van der Waals surface area (Å²) in [5.74, 6) is 1.75. The number of carbonyl (C=O) groups excluding carboxylic acids is 1. The Balaban J connectivity index is 1.72. The number of hydrogen-bond acceptors (Lipinski definition) is 6. The second kappa shape index (κ2) is 6.79. The van der Waals surface area contributed by atoms with Gasteiger partial charge in [-0.15, -0.1) is 0 Å². The van der Waals surface area contributed by atoms with Gasteiger partial charge in [-0.2, -0.15) is 0 Å². The van der Waals surface area contributed by atoms with Gasteiger partial charge in [0.05, 0.1) is 31.4 Å². The summed E-state index contributed by atoms with van der Waals surface area (Å²) in [6.45, 7) is 1.25. The Hall–Kier alpha value is -3.29. The minimum Gasteiger partial charge on any atom is -0.493 e. The van der Waals surface area contributed by atoms with Gasteiger partial charge in [0.1, 0.15) is 5.82 Å². The van der Waals surface area contributed by atoms with Crippen LogP contribution in [0.1, 0.15) is 16.4 Å². The van der Waals surface area contributed by atoms with Gasteiger partial charge < -0.3 is 18.8 Å². The minimum atomic E-state index is -0.186. The Labute approximate surface area is 154 Å². The molecule has 0 saturated carbocycles. The van der Waals surface area contributed by atoms with Crippen molar-refractivity contribution in [2.45, 2.75) is 13.0 Å². The number of methoxy groups -OCH3 is 2. The van der Waals surface area contributed by atoms with E-state index >= 15 is 0 Å². The van der Waals surface area contributed by atoms with Crippen molar-refractivity contribution in [1.82, 2.24) is 14.5 Å². The predicted molar refractivity (Wildman–Crippen MR) is 97.4 cm³/mol. The van der Waals surface area contributed by atoms with Gasteiger partial charge in [0.25, 0.3) is 11.5 Å². The molecule has 1 amide bonds. The summed E-state index contributed by atoms with van der Waals surface area (Å²) < 4.78 is 17.4. The van der Waals surface area contributed by atoms with Crippen LogP contribution in [0.25, 0.3) is 10.9 Å². The molecule has 2 aromatic heterocycles. The lowest BCUT2D eigenvalue weighted by Crippen LogP contribution is -2.34. The molecule has 0 fully saturated rings. The lowest BCUT2D eigenvalue weighted by Gasteiger charge is -2.18. The molecule has 140 valence electrons. The first kappa shape index (κ1) is 17.1. The van der Waals surface area contributed by atoms with Gasteiger partial charge >= 0.3 is 0 Å². The molecule has 3 aromatic rings. The highest BCUT2D eigenvalue weighted by Gasteiger charge is 2.23. The molecule has 0 N–H and O–H groups in total. The molecule has 0 aliphatic carbocycles. The summed E-state index contributed by atoms with van der Waals surface area (Å²) in [5.41, 5.74) is 0.401. The highest BCUT2D eigenvalue weighted by Crippen LogP contribution is 2.30. The van der Waals surface area contributed by atoms with Crippen LogP contribution in [0.15, 0.2) is 39.7 Å². The van der Waals surface area contributed by atoms with E-state index in [9.17, 15) is 9.59 Å². The maximum absolute atomic E-state index is 13.0. The number of carbonyl (C=O) groups is 1. The van der Waals surface area contributed by atoms with Gasteiger partial charge in [-0.1, -0.05) is 0 Å². The maximum Gasteiger partial charge on any atom is 0.289 e. The summed E-state index contributed by atoms with van der Waals surface area (Å²) in [4.78, 5) is 31.9. The van der Waals surface area contributed by atoms with E-state index in [4.69, 9.17) is 13.9 Å². The lowest BCUT2D eigenvalue weighted by atomic mass is 10.2. The number of aromatic nitrogens is 2. The van der Waals surface area contributed by atoms with Crippen molar-refractivity contribution < 1.29 is 18.7 Å². The molecule has 0 saturated heterocycles. The average molecular weight is 369 g/mol. The van der Waals surface area contributed by atoms with Crippen LogP contribution in [0.5, 0.6) is 11.5 Å². The first-order valence-corrected chi connectivity index (χ1v) is 8.60. The zero-order valence-corrected chi connectivity index (χ0v) is 15.1. The highest BCUT2D eigenvalue weighted by molar-refractivity contribution is 5.91. The van der Waals surface area contributed by atoms with Crippen LogP contribution >= 0.6 is 0 Å². The topological polar surface area (TPSA) is 86.8 Å². The Morgan fingerprint density at radius 3 is 2.63 bits per heavy atom. The average Bonchev–Trinajstić information content (AvgIpc) is 3.14. The fourth-order valence-electron chi connectivity index (χ4n) is 3.34. The van der Waals surface area contributed by atoms with Crippen molar-refractivity contribution in [2.24, 2.45) is 0 Å². The van der Waals surface area contributed by atoms with Crippen LogP contribution in [0.3, 0.4) is 0 Å². The van der Waals surface area contributed by atoms with E-state index in [1.54, 1.807) is 33.7 Å². The molecule has 1 aliphatic heterocycles. The number of furan rings is 1. The standard InChI is InChI=1S/C19H19N3O5/c1-25-15-10-12-13(11-16(15)26-2)20-17-5-6-21(7-8-22(17)18(12)23)19(24)14-4-3-9-27-14/h3-4,9-11H,5-8H2,1-2H3. The number of hydrogen-bond donors (Lipinski definition) is 0. The minimum absolute atomic E-state index is 0.150. The number of fused-ring (bicyclic) bond motifs is 2. The zero-order chi connectivity index (χ0) is 19.0. The Morgan fingerprint density at radius 1 is 1.15 bits per heavy atom. The maximum atomic E-state index is 13.0. The first-order valence-electron chi connectivity index (χ1n) is 8.60. The van der Waals surface area contributed by atoms with E-state index < -0.39 is 0 Å². The smallest absolute Gasteiger partial charge is 0.289 e. The number of rotatable bonds is 3. The normalized spacial score (nSPS) is 13.9. The quantitative estimate of drug-likeness (QED) is 0.698. The van der Waals surface area contributed by atoms with E-state index in [-0.39, 0.29) is 11.5 Å². The third-order valence-corrected chi connectivity index (χ3v) is 4.76. The van der Waals surface area contributed by atoms with Crippen molar-refractivity contribution in [2.75, 3.05) is 27.3 Å². The van der Waals surface area contributed by atoms with Gasteiger partial charge in [0.2, 0.25) is 0 Å². The number of nitrogens with zero attached hydrogens (tertiary/aromatic N) is 3. The van der Waals surface area contributed by atoms with E-state index in [2.05, 4.69) is 4.98 Å². The van der Waals surface area contributed by atoms with E-state index in [1.165, 1.54) is 20.5 Å². The SMILES string of the molecule is COc1cc2nc3n(c(=O)c2cc1OC)CCN(C(=O)c1ccco1)CC3. The Bertz CT molecular complexity index is 1060. The van der Waals surface area contributed by atoms with Crippen LogP contribution in [-0.4, -0.2) is 47.7 Å². The van der Waals surface area contributed by atoms with Crippen LogP contribution in [0.4, 0.5) is 0 Å². The molecule has 0 unspecified atom stereocenters. The molecular weight excluding hydrogens is 350 g/mol. The van der Waals surface area contributed by atoms with Gasteiger partial charge in [-0.05, 0) is 18.2 Å². The van der Waals surface area contributed by atoms with Gasteiger partial charge in [-0.25, -0.2) is 4.98 Å². The summed E-state index contributed by atoms with van der Waals surface area (Å²) in [7, 11) is 3.06. The molecule has 8 heteroatoms. The second-order valence-corrected chi connectivity index (χ2v) is 6.23. The van der Waals surface area contributed by atoms with Crippen LogP contribution < -0.4 is 15.0 Å². The molecule has 0 bridgehead atoms. The van der Waals surface area contributed by atoms with Gasteiger partial charge in [0, 0.05) is 32.1 Å². The third kappa shape index (κ3) is 2.92. The molecular formula is C19H19N3O5. The number of benzene rings is 1. The largest absolute Gasteiger partial charge is 0.493 e. The Morgan fingerprint density at radius 2 is 1.93 bits per heavy atom. The first-order chi connectivity index (χ1) is 13.1.